The molecular formula is C20H16Cl2N4O. The van der Waals surface area contributed by atoms with Crippen molar-refractivity contribution in [3.05, 3.63) is 99.3 Å². The molecule has 0 saturated carbocycles. The first-order valence-electron chi connectivity index (χ1n) is 8.14. The number of rotatable bonds is 7. The van der Waals surface area contributed by atoms with Crippen molar-refractivity contribution < 1.29 is 4.84 Å². The van der Waals surface area contributed by atoms with Crippen molar-refractivity contribution in [3.8, 4) is 6.07 Å². The van der Waals surface area contributed by atoms with E-state index in [0.717, 1.165) is 16.8 Å². The smallest absolute Gasteiger partial charge is 0.0991 e. The molecule has 0 aliphatic carbocycles. The van der Waals surface area contributed by atoms with E-state index < -0.39 is 0 Å². The molecule has 1 heterocycles. The van der Waals surface area contributed by atoms with E-state index in [1.54, 1.807) is 24.4 Å². The Morgan fingerprint density at radius 3 is 2.30 bits per heavy atom. The third-order valence-electron chi connectivity index (χ3n) is 3.85. The number of nitrogens with zero attached hydrogens (tertiary/aromatic N) is 2. The Kier molecular flexibility index (Phi) is 6.77. The highest BCUT2D eigenvalue weighted by molar-refractivity contribution is 6.30. The predicted octanol–water partition coefficient (Wildman–Crippen LogP) is 4.58. The minimum Gasteiger partial charge on any atom is -0.282 e. The van der Waals surface area contributed by atoms with Crippen LogP contribution in [0.2, 0.25) is 10.0 Å². The topological polar surface area (TPSA) is 70.0 Å². The van der Waals surface area contributed by atoms with Crippen LogP contribution < -0.4 is 11.0 Å². The lowest BCUT2D eigenvalue weighted by Crippen LogP contribution is -2.36. The summed E-state index contributed by atoms with van der Waals surface area (Å²) in [5, 5.41) is 10.1. The largest absolute Gasteiger partial charge is 0.282 e. The molecule has 7 heteroatoms. The number of hydrazine groups is 1. The van der Waals surface area contributed by atoms with Gasteiger partial charge in [-0.25, -0.2) is 5.43 Å². The number of nitrogens with one attached hydrogen (secondary N) is 2. The highest BCUT2D eigenvalue weighted by atomic mass is 35.5. The monoisotopic (exact) mass is 398 g/mol. The zero-order valence-corrected chi connectivity index (χ0v) is 15.7. The van der Waals surface area contributed by atoms with Gasteiger partial charge < -0.3 is 0 Å². The fourth-order valence-electron chi connectivity index (χ4n) is 2.44. The van der Waals surface area contributed by atoms with Gasteiger partial charge in [0.1, 0.15) is 0 Å². The number of aromatic nitrogens is 1. The first kappa shape index (κ1) is 19.3. The fraction of sp³-hybridized carbons (Fsp3) is 0.100. The molecule has 0 spiro atoms. The Morgan fingerprint density at radius 2 is 1.67 bits per heavy atom. The summed E-state index contributed by atoms with van der Waals surface area (Å²) in [4.78, 5) is 9.87. The van der Waals surface area contributed by atoms with Gasteiger partial charge in [-0.2, -0.15) is 5.26 Å². The second-order valence-electron chi connectivity index (χ2n) is 5.73. The van der Waals surface area contributed by atoms with E-state index in [1.165, 1.54) is 0 Å². The molecule has 0 saturated heterocycles. The molecule has 2 aromatic carbocycles. The highest BCUT2D eigenvalue weighted by Gasteiger charge is 2.15. The van der Waals surface area contributed by atoms with Gasteiger partial charge in [0, 0.05) is 11.2 Å². The lowest BCUT2D eigenvalue weighted by atomic mass is 10.0. The van der Waals surface area contributed by atoms with Crippen LogP contribution in [-0.4, -0.2) is 4.98 Å². The molecule has 0 amide bonds. The van der Waals surface area contributed by atoms with Crippen molar-refractivity contribution in [2.75, 3.05) is 0 Å². The molecule has 1 unspecified atom stereocenters. The Balaban J connectivity index is 1.65. The summed E-state index contributed by atoms with van der Waals surface area (Å²) in [7, 11) is 0. The van der Waals surface area contributed by atoms with E-state index in [1.807, 2.05) is 42.5 Å². The third-order valence-corrected chi connectivity index (χ3v) is 4.32. The lowest BCUT2D eigenvalue weighted by molar-refractivity contribution is -0.00751. The van der Waals surface area contributed by atoms with Crippen LogP contribution in [0.4, 0.5) is 0 Å². The number of pyridine rings is 1. The zero-order valence-electron chi connectivity index (χ0n) is 14.2. The maximum atomic E-state index is 8.83. The molecule has 2 N–H and O–H groups in total. The molecule has 136 valence electrons. The number of hydrogen-bond donors (Lipinski definition) is 2. The molecule has 27 heavy (non-hydrogen) atoms. The molecule has 0 aliphatic rings. The lowest BCUT2D eigenvalue weighted by Gasteiger charge is -2.19. The summed E-state index contributed by atoms with van der Waals surface area (Å²) >= 11 is 11.9. The van der Waals surface area contributed by atoms with E-state index in [0.29, 0.717) is 22.2 Å². The average molecular weight is 399 g/mol. The molecule has 5 nitrogen and oxygen atoms in total. The Morgan fingerprint density at radius 1 is 0.963 bits per heavy atom. The van der Waals surface area contributed by atoms with E-state index >= 15 is 0 Å². The second kappa shape index (κ2) is 9.47. The van der Waals surface area contributed by atoms with Gasteiger partial charge in [-0.1, -0.05) is 47.5 Å². The van der Waals surface area contributed by atoms with Crippen molar-refractivity contribution in [1.29, 1.82) is 5.26 Å². The number of halogens is 2. The summed E-state index contributed by atoms with van der Waals surface area (Å²) in [6.45, 7) is 0.333. The molecule has 3 rings (SSSR count). The molecule has 1 aromatic heterocycles. The standard InChI is InChI=1S/C20H16Cl2N4O/c21-17-7-5-16(6-8-17)20(19-10-9-18(22)12-24-19)25-26-27-13-15-3-1-14(11-23)2-4-15/h1-10,12,20,25-26H,13H2. The minimum absolute atomic E-state index is 0.263. The van der Waals surface area contributed by atoms with Gasteiger partial charge >= 0.3 is 0 Å². The summed E-state index contributed by atoms with van der Waals surface area (Å²) < 4.78 is 0. The number of benzene rings is 2. The van der Waals surface area contributed by atoms with Gasteiger partial charge in [-0.15, -0.1) is 5.59 Å². The normalized spacial score (nSPS) is 11.7. The summed E-state index contributed by atoms with van der Waals surface area (Å²) in [5.74, 6) is 0. The van der Waals surface area contributed by atoms with E-state index in [9.17, 15) is 0 Å². The molecule has 3 aromatic rings. The SMILES string of the molecule is N#Cc1ccc(CONNC(c2ccc(Cl)cc2)c2ccc(Cl)cn2)cc1. The first-order chi connectivity index (χ1) is 13.2. The van der Waals surface area contributed by atoms with Crippen molar-refractivity contribution >= 4 is 23.2 Å². The number of hydrogen-bond acceptors (Lipinski definition) is 5. The molecule has 0 fully saturated rings. The van der Waals surface area contributed by atoms with Crippen molar-refractivity contribution in [2.45, 2.75) is 12.6 Å². The maximum Gasteiger partial charge on any atom is 0.0991 e. The molecule has 0 aliphatic heterocycles. The van der Waals surface area contributed by atoms with Crippen molar-refractivity contribution in [3.63, 3.8) is 0 Å². The van der Waals surface area contributed by atoms with Gasteiger partial charge in [0.05, 0.1) is 35.0 Å². The van der Waals surface area contributed by atoms with Crippen LogP contribution in [0.3, 0.4) is 0 Å². The van der Waals surface area contributed by atoms with E-state index in [2.05, 4.69) is 22.1 Å². The Labute approximate surface area is 167 Å². The molecule has 0 bridgehead atoms. The van der Waals surface area contributed by atoms with Gasteiger partial charge in [0.25, 0.3) is 0 Å². The minimum atomic E-state index is -0.263. The predicted molar refractivity (Wildman–Crippen MR) is 105 cm³/mol. The molecular weight excluding hydrogens is 383 g/mol. The van der Waals surface area contributed by atoms with Crippen LogP contribution >= 0.6 is 23.2 Å². The maximum absolute atomic E-state index is 8.83. The highest BCUT2D eigenvalue weighted by Crippen LogP contribution is 2.22. The average Bonchev–Trinajstić information content (AvgIpc) is 2.70. The van der Waals surface area contributed by atoms with E-state index in [4.69, 9.17) is 33.3 Å². The van der Waals surface area contributed by atoms with Crippen LogP contribution in [0.25, 0.3) is 0 Å². The Bertz CT molecular complexity index is 861. The van der Waals surface area contributed by atoms with Crippen LogP contribution in [-0.2, 0) is 11.4 Å². The summed E-state index contributed by atoms with van der Waals surface area (Å²) in [5.41, 5.74) is 9.17. The summed E-state index contributed by atoms with van der Waals surface area (Å²) in [6, 6.07) is 20.1. The van der Waals surface area contributed by atoms with Crippen molar-refractivity contribution in [1.82, 2.24) is 16.0 Å². The number of nitriles is 1. The van der Waals surface area contributed by atoms with Crippen LogP contribution in [0.1, 0.15) is 28.4 Å². The van der Waals surface area contributed by atoms with Gasteiger partial charge in [-0.3, -0.25) is 9.82 Å². The third kappa shape index (κ3) is 5.51. The van der Waals surface area contributed by atoms with E-state index in [-0.39, 0.29) is 6.04 Å². The van der Waals surface area contributed by atoms with Gasteiger partial charge in [0.15, 0.2) is 0 Å². The van der Waals surface area contributed by atoms with Gasteiger partial charge in [0.2, 0.25) is 0 Å². The summed E-state index contributed by atoms with van der Waals surface area (Å²) in [6.07, 6.45) is 1.60. The second-order valence-corrected chi connectivity index (χ2v) is 6.60. The Hall–Kier alpha value is -2.46. The fourth-order valence-corrected chi connectivity index (χ4v) is 2.67. The first-order valence-corrected chi connectivity index (χ1v) is 8.89. The van der Waals surface area contributed by atoms with Crippen LogP contribution in [0.5, 0.6) is 0 Å². The quantitative estimate of drug-likeness (QED) is 0.450. The van der Waals surface area contributed by atoms with Crippen LogP contribution in [0.15, 0.2) is 66.9 Å². The van der Waals surface area contributed by atoms with Gasteiger partial charge in [-0.05, 0) is 47.5 Å². The zero-order chi connectivity index (χ0) is 19.1. The molecule has 1 atom stereocenters. The van der Waals surface area contributed by atoms with Crippen molar-refractivity contribution in [2.24, 2.45) is 0 Å². The van der Waals surface area contributed by atoms with Crippen LogP contribution in [0, 0.1) is 11.3 Å². The molecule has 0 radical (unpaired) electrons.